The first-order valence-corrected chi connectivity index (χ1v) is 11.5. The fourth-order valence-corrected chi connectivity index (χ4v) is 5.02. The van der Waals surface area contributed by atoms with Crippen molar-refractivity contribution in [2.45, 2.75) is 15.5 Å². The summed E-state index contributed by atoms with van der Waals surface area (Å²) in [6.45, 7) is 0. The van der Waals surface area contributed by atoms with Gasteiger partial charge in [0.05, 0.1) is 11.4 Å². The number of pyridine rings is 1. The van der Waals surface area contributed by atoms with Crippen LogP contribution in [0.15, 0.2) is 87.5 Å². The molecule has 0 radical (unpaired) electrons. The quantitative estimate of drug-likeness (QED) is 0.440. The van der Waals surface area contributed by atoms with Gasteiger partial charge in [-0.15, -0.1) is 11.8 Å². The third kappa shape index (κ3) is 4.59. The van der Waals surface area contributed by atoms with Crippen LogP contribution in [0.5, 0.6) is 0 Å². The molecule has 1 N–H and O–H groups in total. The largest absolute Gasteiger partial charge is 0.278 e. The third-order valence-electron chi connectivity index (χ3n) is 4.31. The maximum Gasteiger partial charge on any atom is 0.264 e. The van der Waals surface area contributed by atoms with Crippen molar-refractivity contribution in [2.24, 2.45) is 0 Å². The summed E-state index contributed by atoms with van der Waals surface area (Å²) in [7, 11) is -4.35. The van der Waals surface area contributed by atoms with Crippen LogP contribution in [0.25, 0.3) is 5.65 Å². The summed E-state index contributed by atoms with van der Waals surface area (Å²) < 4.78 is 56.4. The van der Waals surface area contributed by atoms with Crippen molar-refractivity contribution in [3.05, 3.63) is 101 Å². The van der Waals surface area contributed by atoms with Crippen LogP contribution in [0.2, 0.25) is 0 Å². The molecule has 0 amide bonds. The topological polar surface area (TPSA) is 80.5 Å². The van der Waals surface area contributed by atoms with E-state index >= 15 is 0 Å². The minimum absolute atomic E-state index is 0.202. The number of nitrogens with one attached hydrogen (secondary N) is 1. The highest BCUT2D eigenvalue weighted by Gasteiger charge is 2.21. The molecule has 4 rings (SSSR count). The van der Waals surface area contributed by atoms with Gasteiger partial charge >= 0.3 is 0 Å². The molecule has 4 aromatic rings. The molecular formula is C21H15F2N3O3S2. The Morgan fingerprint density at radius 3 is 2.61 bits per heavy atom. The standard InChI is InChI=1S/C21H15F2N3O3S2/c22-14-8-9-16(23)19(11-14)31(28,29)25-17-5-1-2-6-18(17)30-13-15-12-21(27)26-10-4-3-7-20(26)24-15/h1-12,25H,13H2. The van der Waals surface area contributed by atoms with Crippen LogP contribution in [-0.2, 0) is 15.8 Å². The second kappa shape index (κ2) is 8.48. The molecule has 0 aliphatic rings. The Morgan fingerprint density at radius 1 is 1.00 bits per heavy atom. The number of hydrogen-bond donors (Lipinski definition) is 1. The van der Waals surface area contributed by atoms with E-state index in [1.807, 2.05) is 0 Å². The molecule has 0 aliphatic carbocycles. The van der Waals surface area contributed by atoms with Gasteiger partial charge in [-0.05, 0) is 42.5 Å². The van der Waals surface area contributed by atoms with Gasteiger partial charge in [0.1, 0.15) is 22.2 Å². The van der Waals surface area contributed by atoms with Crippen molar-refractivity contribution in [3.8, 4) is 0 Å². The fraction of sp³-hybridized carbons (Fsp3) is 0.0476. The Bertz CT molecular complexity index is 1440. The second-order valence-electron chi connectivity index (χ2n) is 6.48. The normalized spacial score (nSPS) is 11.5. The first-order valence-electron chi connectivity index (χ1n) is 9.00. The highest BCUT2D eigenvalue weighted by Crippen LogP contribution is 2.31. The summed E-state index contributed by atoms with van der Waals surface area (Å²) in [5, 5.41) is 0. The summed E-state index contributed by atoms with van der Waals surface area (Å²) >= 11 is 1.26. The van der Waals surface area contributed by atoms with Crippen LogP contribution in [0.3, 0.4) is 0 Å². The molecule has 6 nitrogen and oxygen atoms in total. The predicted octanol–water partition coefficient (Wildman–Crippen LogP) is 4.07. The maximum atomic E-state index is 14.0. The molecule has 0 spiro atoms. The molecule has 0 fully saturated rings. The Hall–Kier alpha value is -3.24. The molecule has 158 valence electrons. The zero-order valence-electron chi connectivity index (χ0n) is 15.8. The molecule has 2 heterocycles. The molecule has 0 unspecified atom stereocenters. The molecule has 0 bridgehead atoms. The van der Waals surface area contributed by atoms with E-state index in [1.165, 1.54) is 28.3 Å². The molecule has 31 heavy (non-hydrogen) atoms. The maximum absolute atomic E-state index is 14.0. The van der Waals surface area contributed by atoms with Crippen molar-refractivity contribution < 1.29 is 17.2 Å². The summed E-state index contributed by atoms with van der Waals surface area (Å²) in [6, 6.07) is 15.4. The number of anilines is 1. The number of rotatable bonds is 6. The average Bonchev–Trinajstić information content (AvgIpc) is 2.74. The van der Waals surface area contributed by atoms with Crippen molar-refractivity contribution in [1.29, 1.82) is 0 Å². The second-order valence-corrected chi connectivity index (χ2v) is 9.15. The minimum atomic E-state index is -4.35. The number of benzene rings is 2. The van der Waals surface area contributed by atoms with Gasteiger partial charge in [-0.1, -0.05) is 18.2 Å². The minimum Gasteiger partial charge on any atom is -0.278 e. The van der Waals surface area contributed by atoms with E-state index in [9.17, 15) is 22.0 Å². The fourth-order valence-electron chi connectivity index (χ4n) is 2.89. The van der Waals surface area contributed by atoms with Gasteiger partial charge in [0.25, 0.3) is 15.6 Å². The van der Waals surface area contributed by atoms with Crippen LogP contribution in [-0.4, -0.2) is 17.8 Å². The van der Waals surface area contributed by atoms with E-state index in [0.29, 0.717) is 28.1 Å². The monoisotopic (exact) mass is 459 g/mol. The van der Waals surface area contributed by atoms with E-state index < -0.39 is 26.6 Å². The van der Waals surface area contributed by atoms with Crippen LogP contribution in [0, 0.1) is 11.6 Å². The summed E-state index contributed by atoms with van der Waals surface area (Å²) in [5.74, 6) is -1.62. The lowest BCUT2D eigenvalue weighted by Crippen LogP contribution is -2.15. The van der Waals surface area contributed by atoms with Crippen molar-refractivity contribution in [1.82, 2.24) is 9.38 Å². The zero-order valence-corrected chi connectivity index (χ0v) is 17.5. The number of hydrogen-bond acceptors (Lipinski definition) is 5. The van der Waals surface area contributed by atoms with Gasteiger partial charge < -0.3 is 0 Å². The van der Waals surface area contributed by atoms with E-state index in [2.05, 4.69) is 9.71 Å². The predicted molar refractivity (Wildman–Crippen MR) is 115 cm³/mol. The van der Waals surface area contributed by atoms with Gasteiger partial charge in [-0.3, -0.25) is 13.9 Å². The van der Waals surface area contributed by atoms with Gasteiger partial charge in [-0.25, -0.2) is 22.2 Å². The number of nitrogens with zero attached hydrogens (tertiary/aromatic N) is 2. The summed E-state index contributed by atoms with van der Waals surface area (Å²) in [4.78, 5) is 16.4. The highest BCUT2D eigenvalue weighted by molar-refractivity contribution is 7.98. The van der Waals surface area contributed by atoms with E-state index in [0.717, 1.165) is 12.1 Å². The van der Waals surface area contributed by atoms with Gasteiger partial charge in [-0.2, -0.15) is 0 Å². The molecule has 10 heteroatoms. The van der Waals surface area contributed by atoms with E-state index in [4.69, 9.17) is 0 Å². The van der Waals surface area contributed by atoms with Crippen LogP contribution >= 0.6 is 11.8 Å². The van der Waals surface area contributed by atoms with Crippen molar-refractivity contribution in [3.63, 3.8) is 0 Å². The number of sulfonamides is 1. The number of fused-ring (bicyclic) bond motifs is 1. The number of thioether (sulfide) groups is 1. The Morgan fingerprint density at radius 2 is 1.77 bits per heavy atom. The number of halogens is 2. The third-order valence-corrected chi connectivity index (χ3v) is 6.80. The number of para-hydroxylation sites is 1. The highest BCUT2D eigenvalue weighted by atomic mass is 32.2. The van der Waals surface area contributed by atoms with Crippen molar-refractivity contribution in [2.75, 3.05) is 4.72 Å². The first-order chi connectivity index (χ1) is 14.8. The lowest BCUT2D eigenvalue weighted by molar-refractivity contribution is 0.555. The molecule has 0 saturated heterocycles. The zero-order chi connectivity index (χ0) is 22.0. The van der Waals surface area contributed by atoms with E-state index in [-0.39, 0.29) is 11.2 Å². The summed E-state index contributed by atoms with van der Waals surface area (Å²) in [5.41, 5.74) is 1.00. The lowest BCUT2D eigenvalue weighted by Gasteiger charge is -2.13. The molecule has 0 atom stereocenters. The van der Waals surface area contributed by atoms with Crippen LogP contribution in [0.1, 0.15) is 5.69 Å². The van der Waals surface area contributed by atoms with Crippen LogP contribution in [0.4, 0.5) is 14.5 Å². The Labute approximate surface area is 180 Å². The average molecular weight is 459 g/mol. The smallest absolute Gasteiger partial charge is 0.264 e. The van der Waals surface area contributed by atoms with E-state index in [1.54, 1.807) is 42.6 Å². The molecular weight excluding hydrogens is 444 g/mol. The number of aromatic nitrogens is 2. The van der Waals surface area contributed by atoms with Crippen molar-refractivity contribution >= 4 is 33.1 Å². The van der Waals surface area contributed by atoms with Crippen LogP contribution < -0.4 is 10.3 Å². The molecule has 0 saturated carbocycles. The summed E-state index contributed by atoms with van der Waals surface area (Å²) in [6.07, 6.45) is 1.62. The SMILES string of the molecule is O=c1cc(CSc2ccccc2NS(=O)(=O)c2cc(F)ccc2F)nc2ccccn12. The molecule has 0 aliphatic heterocycles. The Kier molecular flexibility index (Phi) is 5.75. The van der Waals surface area contributed by atoms with Gasteiger partial charge in [0.15, 0.2) is 0 Å². The first kappa shape index (κ1) is 21.0. The molecule has 2 aromatic carbocycles. The Balaban J connectivity index is 1.59. The van der Waals surface area contributed by atoms with Gasteiger partial charge in [0.2, 0.25) is 0 Å². The van der Waals surface area contributed by atoms with Gasteiger partial charge in [0, 0.05) is 22.9 Å². The molecule has 2 aromatic heterocycles. The lowest BCUT2D eigenvalue weighted by atomic mass is 10.3.